The van der Waals surface area contributed by atoms with Gasteiger partial charge in [-0.15, -0.1) is 0 Å². The normalized spacial score (nSPS) is 13.5. The Morgan fingerprint density at radius 3 is 2.26 bits per heavy atom. The number of fused-ring (bicyclic) bond motifs is 2. The summed E-state index contributed by atoms with van der Waals surface area (Å²) in [6.45, 7) is 5.94. The molecule has 0 aliphatic carbocycles. The minimum Gasteiger partial charge on any atom is -0.461 e. The molecule has 0 amide bonds. The third kappa shape index (κ3) is 1.68. The van der Waals surface area contributed by atoms with E-state index in [1.54, 1.807) is 0 Å². The van der Waals surface area contributed by atoms with E-state index in [-0.39, 0.29) is 6.54 Å². The first-order valence-electron chi connectivity index (χ1n) is 6.33. The molecule has 0 radical (unpaired) electrons. The lowest BCUT2D eigenvalue weighted by Crippen LogP contribution is -2.12. The molecular formula is C15H17NO3. The lowest BCUT2D eigenvalue weighted by molar-refractivity contribution is 0.188. The molecule has 3 rings (SSSR count). The zero-order chi connectivity index (χ0) is 13.7. The monoisotopic (exact) mass is 259 g/mol. The van der Waals surface area contributed by atoms with Gasteiger partial charge in [0.1, 0.15) is 22.7 Å². The van der Waals surface area contributed by atoms with Gasteiger partial charge in [-0.05, 0) is 32.9 Å². The predicted molar refractivity (Wildman–Crippen MR) is 74.2 cm³/mol. The molecule has 4 nitrogen and oxygen atoms in total. The lowest BCUT2D eigenvalue weighted by Gasteiger charge is -2.11. The van der Waals surface area contributed by atoms with Crippen molar-refractivity contribution in [3.8, 4) is 0 Å². The molecule has 0 aliphatic rings. The average Bonchev–Trinajstić information content (AvgIpc) is 2.92. The topological polar surface area (TPSA) is 72.5 Å². The fourth-order valence-electron chi connectivity index (χ4n) is 2.68. The maximum atomic E-state index is 10.2. The van der Waals surface area contributed by atoms with Crippen LogP contribution in [-0.2, 0) is 0 Å². The predicted octanol–water partition coefficient (Wildman–Crippen LogP) is 3.10. The molecule has 1 atom stereocenters. The summed E-state index contributed by atoms with van der Waals surface area (Å²) >= 11 is 0. The van der Waals surface area contributed by atoms with Gasteiger partial charge in [0, 0.05) is 28.4 Å². The molecule has 1 aromatic carbocycles. The summed E-state index contributed by atoms with van der Waals surface area (Å²) in [7, 11) is 0. The minimum atomic E-state index is -0.756. The molecule has 0 saturated carbocycles. The molecule has 4 heteroatoms. The molecule has 2 heterocycles. The van der Waals surface area contributed by atoms with Crippen molar-refractivity contribution in [2.24, 2.45) is 5.73 Å². The summed E-state index contributed by atoms with van der Waals surface area (Å²) < 4.78 is 11.5. The van der Waals surface area contributed by atoms with Gasteiger partial charge in [-0.2, -0.15) is 0 Å². The van der Waals surface area contributed by atoms with Crippen molar-refractivity contribution < 1.29 is 13.9 Å². The summed E-state index contributed by atoms with van der Waals surface area (Å²) in [4.78, 5) is 0. The summed E-state index contributed by atoms with van der Waals surface area (Å²) in [6.07, 6.45) is -0.756. The Hall–Kier alpha value is -1.78. The minimum absolute atomic E-state index is 0.150. The number of rotatable bonds is 2. The van der Waals surface area contributed by atoms with E-state index in [1.165, 1.54) is 0 Å². The molecule has 2 aromatic heterocycles. The molecule has 0 spiro atoms. The van der Waals surface area contributed by atoms with E-state index in [1.807, 2.05) is 32.9 Å². The maximum absolute atomic E-state index is 10.2. The molecule has 0 fully saturated rings. The number of aryl methyl sites for hydroxylation is 3. The number of benzene rings is 1. The summed E-state index contributed by atoms with van der Waals surface area (Å²) in [6, 6.07) is 3.89. The lowest BCUT2D eigenvalue weighted by atomic mass is 9.98. The van der Waals surface area contributed by atoms with Crippen LogP contribution >= 0.6 is 0 Å². The van der Waals surface area contributed by atoms with Gasteiger partial charge in [-0.25, -0.2) is 0 Å². The zero-order valence-electron chi connectivity index (χ0n) is 11.3. The molecule has 0 aliphatic heterocycles. The van der Waals surface area contributed by atoms with Crippen LogP contribution in [-0.4, -0.2) is 11.7 Å². The number of aliphatic hydroxyl groups excluding tert-OH is 1. The Balaban J connectivity index is 2.54. The fourth-order valence-corrected chi connectivity index (χ4v) is 2.68. The SMILES string of the molecule is Cc1cc2c(C(O)CN)c3oc(C)cc3c(C)c2o1. The van der Waals surface area contributed by atoms with Crippen molar-refractivity contribution in [2.75, 3.05) is 6.54 Å². The van der Waals surface area contributed by atoms with Gasteiger partial charge < -0.3 is 19.7 Å². The summed E-state index contributed by atoms with van der Waals surface area (Å²) in [5, 5.41) is 12.1. The van der Waals surface area contributed by atoms with E-state index in [0.717, 1.165) is 39.0 Å². The maximum Gasteiger partial charge on any atom is 0.141 e. The summed E-state index contributed by atoms with van der Waals surface area (Å²) in [5.74, 6) is 1.63. The molecule has 1 unspecified atom stereocenters. The van der Waals surface area contributed by atoms with Gasteiger partial charge in [0.2, 0.25) is 0 Å². The van der Waals surface area contributed by atoms with Crippen molar-refractivity contribution >= 4 is 21.9 Å². The highest BCUT2D eigenvalue weighted by molar-refractivity contribution is 6.02. The van der Waals surface area contributed by atoms with Crippen LogP contribution in [0.4, 0.5) is 0 Å². The first kappa shape index (κ1) is 12.3. The van der Waals surface area contributed by atoms with E-state index in [0.29, 0.717) is 5.58 Å². The Morgan fingerprint density at radius 1 is 1.05 bits per heavy atom. The standard InChI is InChI=1S/C15H17NO3/c1-7-4-10-9(3)14-11(5-8(2)18-14)13(12(17)6-16)15(10)19-7/h4-5,12,17H,6,16H2,1-3H3. The first-order valence-corrected chi connectivity index (χ1v) is 6.33. The number of nitrogens with two attached hydrogens (primary N) is 1. The number of furan rings is 2. The van der Waals surface area contributed by atoms with E-state index >= 15 is 0 Å². The van der Waals surface area contributed by atoms with Crippen LogP contribution in [0.1, 0.15) is 28.8 Å². The average molecular weight is 259 g/mol. The molecule has 100 valence electrons. The van der Waals surface area contributed by atoms with Crippen LogP contribution in [0.15, 0.2) is 21.0 Å². The Labute approximate surface area is 110 Å². The van der Waals surface area contributed by atoms with Gasteiger partial charge in [0.05, 0.1) is 6.10 Å². The van der Waals surface area contributed by atoms with Crippen molar-refractivity contribution in [1.29, 1.82) is 0 Å². The zero-order valence-corrected chi connectivity index (χ0v) is 11.3. The Kier molecular flexibility index (Phi) is 2.66. The van der Waals surface area contributed by atoms with E-state index in [4.69, 9.17) is 14.6 Å². The van der Waals surface area contributed by atoms with E-state index in [9.17, 15) is 5.11 Å². The van der Waals surface area contributed by atoms with Gasteiger partial charge in [0.25, 0.3) is 0 Å². The first-order chi connectivity index (χ1) is 9.02. The molecule has 3 aromatic rings. The van der Waals surface area contributed by atoms with E-state index in [2.05, 4.69) is 0 Å². The van der Waals surface area contributed by atoms with Crippen molar-refractivity contribution in [3.63, 3.8) is 0 Å². The van der Waals surface area contributed by atoms with Crippen LogP contribution in [0.2, 0.25) is 0 Å². The second-order valence-electron chi connectivity index (χ2n) is 4.99. The van der Waals surface area contributed by atoms with Gasteiger partial charge in [-0.3, -0.25) is 0 Å². The quantitative estimate of drug-likeness (QED) is 0.741. The molecule has 3 N–H and O–H groups in total. The number of aliphatic hydroxyl groups is 1. The Morgan fingerprint density at radius 2 is 1.63 bits per heavy atom. The highest BCUT2D eigenvalue weighted by atomic mass is 16.3. The molecular weight excluding hydrogens is 242 g/mol. The van der Waals surface area contributed by atoms with Gasteiger partial charge in [-0.1, -0.05) is 0 Å². The molecule has 0 bridgehead atoms. The fraction of sp³-hybridized carbons (Fsp3) is 0.333. The largest absolute Gasteiger partial charge is 0.461 e. The Bertz CT molecular complexity index is 709. The van der Waals surface area contributed by atoms with Crippen LogP contribution < -0.4 is 5.73 Å². The second kappa shape index (κ2) is 4.11. The highest BCUT2D eigenvalue weighted by Gasteiger charge is 2.22. The third-order valence-electron chi connectivity index (χ3n) is 3.55. The molecule has 0 saturated heterocycles. The van der Waals surface area contributed by atoms with Crippen LogP contribution in [0.3, 0.4) is 0 Å². The number of hydrogen-bond donors (Lipinski definition) is 2. The van der Waals surface area contributed by atoms with Crippen molar-refractivity contribution in [2.45, 2.75) is 26.9 Å². The van der Waals surface area contributed by atoms with Crippen LogP contribution in [0.25, 0.3) is 21.9 Å². The van der Waals surface area contributed by atoms with Crippen molar-refractivity contribution in [1.82, 2.24) is 0 Å². The number of hydrogen-bond acceptors (Lipinski definition) is 4. The second-order valence-corrected chi connectivity index (χ2v) is 4.99. The van der Waals surface area contributed by atoms with Gasteiger partial charge >= 0.3 is 0 Å². The molecule has 19 heavy (non-hydrogen) atoms. The summed E-state index contributed by atoms with van der Waals surface area (Å²) in [5.41, 5.74) is 8.88. The smallest absolute Gasteiger partial charge is 0.141 e. The van der Waals surface area contributed by atoms with Crippen LogP contribution in [0.5, 0.6) is 0 Å². The third-order valence-corrected chi connectivity index (χ3v) is 3.55. The van der Waals surface area contributed by atoms with Crippen molar-refractivity contribution in [3.05, 3.63) is 34.8 Å². The van der Waals surface area contributed by atoms with Gasteiger partial charge in [0.15, 0.2) is 0 Å². The van der Waals surface area contributed by atoms with E-state index < -0.39 is 6.10 Å². The highest BCUT2D eigenvalue weighted by Crippen LogP contribution is 2.38. The van der Waals surface area contributed by atoms with Crippen LogP contribution in [0, 0.1) is 20.8 Å².